The van der Waals surface area contributed by atoms with Crippen molar-refractivity contribution in [2.45, 2.75) is 25.9 Å². The van der Waals surface area contributed by atoms with E-state index in [4.69, 9.17) is 9.26 Å². The number of amides is 1. The predicted octanol–water partition coefficient (Wildman–Crippen LogP) is 3.76. The number of carbonyl (C=O) groups is 1. The van der Waals surface area contributed by atoms with Gasteiger partial charge < -0.3 is 14.2 Å². The van der Waals surface area contributed by atoms with E-state index in [2.05, 4.69) is 10.1 Å². The van der Waals surface area contributed by atoms with Crippen LogP contribution in [0.15, 0.2) is 47.0 Å². The van der Waals surface area contributed by atoms with Crippen LogP contribution in [-0.2, 0) is 11.4 Å². The SMILES string of the molecule is Cc1cc(N2CC(c3nc(COc4cccc(F)c4)no3)CC2=O)ccc1F. The highest BCUT2D eigenvalue weighted by molar-refractivity contribution is 5.96. The Labute approximate surface area is 159 Å². The van der Waals surface area contributed by atoms with Gasteiger partial charge in [-0.3, -0.25) is 4.79 Å². The molecule has 2 aromatic carbocycles. The van der Waals surface area contributed by atoms with E-state index >= 15 is 0 Å². The molecule has 0 radical (unpaired) electrons. The lowest BCUT2D eigenvalue weighted by molar-refractivity contribution is -0.117. The zero-order valence-corrected chi connectivity index (χ0v) is 15.1. The Balaban J connectivity index is 1.42. The van der Waals surface area contributed by atoms with E-state index in [-0.39, 0.29) is 30.7 Å². The Morgan fingerprint density at radius 2 is 2.11 bits per heavy atom. The number of aromatic nitrogens is 2. The summed E-state index contributed by atoms with van der Waals surface area (Å²) in [5.74, 6) is -0.0470. The maximum Gasteiger partial charge on any atom is 0.232 e. The van der Waals surface area contributed by atoms with E-state index in [9.17, 15) is 13.6 Å². The second-order valence-electron chi connectivity index (χ2n) is 6.63. The first-order valence-corrected chi connectivity index (χ1v) is 8.77. The smallest absolute Gasteiger partial charge is 0.232 e. The molecule has 0 aliphatic carbocycles. The van der Waals surface area contributed by atoms with Gasteiger partial charge in [0.2, 0.25) is 17.6 Å². The quantitative estimate of drug-likeness (QED) is 0.669. The van der Waals surface area contributed by atoms with Gasteiger partial charge in [0.1, 0.15) is 17.4 Å². The molecule has 1 amide bonds. The highest BCUT2D eigenvalue weighted by Crippen LogP contribution is 2.31. The Bertz CT molecular complexity index is 1020. The lowest BCUT2D eigenvalue weighted by atomic mass is 10.1. The minimum atomic E-state index is -0.396. The fraction of sp³-hybridized carbons (Fsp3) is 0.250. The molecule has 0 spiro atoms. The number of nitrogens with zero attached hydrogens (tertiary/aromatic N) is 3. The molecule has 6 nitrogen and oxygen atoms in total. The lowest BCUT2D eigenvalue weighted by Gasteiger charge is -2.16. The molecule has 0 saturated carbocycles. The number of hydrogen-bond donors (Lipinski definition) is 0. The summed E-state index contributed by atoms with van der Waals surface area (Å²) >= 11 is 0. The third kappa shape index (κ3) is 3.71. The molecule has 144 valence electrons. The third-order valence-electron chi connectivity index (χ3n) is 4.58. The molecule has 8 heteroatoms. The molecule has 1 saturated heterocycles. The molecule has 1 aromatic heterocycles. The first kappa shape index (κ1) is 18.1. The van der Waals surface area contributed by atoms with Crippen molar-refractivity contribution in [2.75, 3.05) is 11.4 Å². The van der Waals surface area contributed by atoms with E-state index in [1.807, 2.05) is 0 Å². The zero-order valence-electron chi connectivity index (χ0n) is 15.1. The zero-order chi connectivity index (χ0) is 19.7. The normalized spacial score (nSPS) is 16.6. The lowest BCUT2D eigenvalue weighted by Crippen LogP contribution is -2.24. The van der Waals surface area contributed by atoms with E-state index in [1.165, 1.54) is 18.2 Å². The molecule has 1 fully saturated rings. The molecule has 28 heavy (non-hydrogen) atoms. The maximum atomic E-state index is 13.5. The molecular formula is C20H17F2N3O3. The molecule has 1 aliphatic heterocycles. The van der Waals surface area contributed by atoms with Crippen LogP contribution >= 0.6 is 0 Å². The van der Waals surface area contributed by atoms with Crippen molar-refractivity contribution in [3.05, 3.63) is 71.4 Å². The van der Waals surface area contributed by atoms with Crippen LogP contribution in [0.25, 0.3) is 0 Å². The summed E-state index contributed by atoms with van der Waals surface area (Å²) in [7, 11) is 0. The number of carbonyl (C=O) groups excluding carboxylic acids is 1. The molecule has 0 N–H and O–H groups in total. The van der Waals surface area contributed by atoms with Gasteiger partial charge in [0.15, 0.2) is 6.61 Å². The number of rotatable bonds is 5. The number of benzene rings is 2. The van der Waals surface area contributed by atoms with Crippen LogP contribution in [0.5, 0.6) is 5.75 Å². The van der Waals surface area contributed by atoms with Gasteiger partial charge in [0.05, 0.1) is 5.92 Å². The Morgan fingerprint density at radius 1 is 1.25 bits per heavy atom. The van der Waals surface area contributed by atoms with Crippen molar-refractivity contribution in [1.29, 1.82) is 0 Å². The molecule has 1 aliphatic rings. The van der Waals surface area contributed by atoms with E-state index < -0.39 is 5.82 Å². The predicted molar refractivity (Wildman–Crippen MR) is 95.9 cm³/mol. The number of aryl methyl sites for hydroxylation is 1. The minimum Gasteiger partial charge on any atom is -0.485 e. The van der Waals surface area contributed by atoms with Gasteiger partial charge >= 0.3 is 0 Å². The summed E-state index contributed by atoms with van der Waals surface area (Å²) in [5.41, 5.74) is 1.11. The van der Waals surface area contributed by atoms with Crippen molar-refractivity contribution in [2.24, 2.45) is 0 Å². The fourth-order valence-corrected chi connectivity index (χ4v) is 3.12. The molecule has 1 unspecified atom stereocenters. The van der Waals surface area contributed by atoms with Gasteiger partial charge in [0.25, 0.3) is 0 Å². The van der Waals surface area contributed by atoms with Crippen molar-refractivity contribution in [1.82, 2.24) is 10.1 Å². The number of anilines is 1. The highest BCUT2D eigenvalue weighted by Gasteiger charge is 2.35. The standard InChI is InChI=1S/C20H17F2N3O3/c1-12-7-15(5-6-17(12)22)25-10-13(8-19(25)26)20-23-18(24-28-20)11-27-16-4-2-3-14(21)9-16/h2-7,9,13H,8,10-11H2,1H3. The second kappa shape index (κ2) is 7.38. The van der Waals surface area contributed by atoms with Gasteiger partial charge in [-0.15, -0.1) is 0 Å². The van der Waals surface area contributed by atoms with Gasteiger partial charge in [-0.25, -0.2) is 8.78 Å². The number of ether oxygens (including phenoxy) is 1. The number of halogens is 2. The van der Waals surface area contributed by atoms with Crippen LogP contribution in [0, 0.1) is 18.6 Å². The molecule has 4 rings (SSSR count). The largest absolute Gasteiger partial charge is 0.485 e. The fourth-order valence-electron chi connectivity index (χ4n) is 3.12. The number of hydrogen-bond acceptors (Lipinski definition) is 5. The van der Waals surface area contributed by atoms with Crippen LogP contribution in [0.1, 0.15) is 29.6 Å². The van der Waals surface area contributed by atoms with Crippen molar-refractivity contribution in [3.8, 4) is 5.75 Å². The van der Waals surface area contributed by atoms with Crippen LogP contribution in [0.2, 0.25) is 0 Å². The highest BCUT2D eigenvalue weighted by atomic mass is 19.1. The summed E-state index contributed by atoms with van der Waals surface area (Å²) in [5, 5.41) is 3.86. The summed E-state index contributed by atoms with van der Waals surface area (Å²) in [4.78, 5) is 18.3. The van der Waals surface area contributed by atoms with Crippen LogP contribution < -0.4 is 9.64 Å². The monoisotopic (exact) mass is 385 g/mol. The van der Waals surface area contributed by atoms with E-state index in [1.54, 1.807) is 36.1 Å². The first-order valence-electron chi connectivity index (χ1n) is 8.77. The maximum absolute atomic E-state index is 13.5. The second-order valence-corrected chi connectivity index (χ2v) is 6.63. The first-order chi connectivity index (χ1) is 13.5. The summed E-state index contributed by atoms with van der Waals surface area (Å²) < 4.78 is 37.4. The van der Waals surface area contributed by atoms with Crippen LogP contribution in [0.3, 0.4) is 0 Å². The van der Waals surface area contributed by atoms with Crippen LogP contribution in [-0.4, -0.2) is 22.6 Å². The van der Waals surface area contributed by atoms with E-state index in [0.29, 0.717) is 35.3 Å². The van der Waals surface area contributed by atoms with Crippen molar-refractivity contribution < 1.29 is 22.8 Å². The molecule has 0 bridgehead atoms. The molecule has 2 heterocycles. The average Bonchev–Trinajstić information content (AvgIpc) is 3.29. The Hall–Kier alpha value is -3.29. The average molecular weight is 385 g/mol. The summed E-state index contributed by atoms with van der Waals surface area (Å²) in [6, 6.07) is 10.3. The van der Waals surface area contributed by atoms with Crippen molar-refractivity contribution in [3.63, 3.8) is 0 Å². The van der Waals surface area contributed by atoms with E-state index in [0.717, 1.165) is 0 Å². The minimum absolute atomic E-state index is 0.0223. The molecular weight excluding hydrogens is 368 g/mol. The molecule has 3 aromatic rings. The van der Waals surface area contributed by atoms with Gasteiger partial charge in [-0.05, 0) is 42.8 Å². The van der Waals surface area contributed by atoms with Gasteiger partial charge in [-0.1, -0.05) is 11.2 Å². The Morgan fingerprint density at radius 3 is 2.89 bits per heavy atom. The summed E-state index contributed by atoms with van der Waals surface area (Å²) in [6.45, 7) is 2.05. The Kier molecular flexibility index (Phi) is 4.77. The topological polar surface area (TPSA) is 68.5 Å². The summed E-state index contributed by atoms with van der Waals surface area (Å²) in [6.07, 6.45) is 0.225. The van der Waals surface area contributed by atoms with Gasteiger partial charge in [-0.2, -0.15) is 4.98 Å². The third-order valence-corrected chi connectivity index (χ3v) is 4.58. The van der Waals surface area contributed by atoms with Crippen molar-refractivity contribution >= 4 is 11.6 Å². The molecule has 1 atom stereocenters. The van der Waals surface area contributed by atoms with Gasteiger partial charge in [0, 0.05) is 24.7 Å². The van der Waals surface area contributed by atoms with Crippen LogP contribution in [0.4, 0.5) is 14.5 Å².